The maximum absolute atomic E-state index is 6.17. The predicted octanol–water partition coefficient (Wildman–Crippen LogP) is 3.78. The predicted molar refractivity (Wildman–Crippen MR) is 82.8 cm³/mol. The van der Waals surface area contributed by atoms with Crippen molar-refractivity contribution in [1.82, 2.24) is 10.3 Å². The molecule has 112 valence electrons. The van der Waals surface area contributed by atoms with E-state index in [9.17, 15) is 0 Å². The molecule has 20 heavy (non-hydrogen) atoms. The Balaban J connectivity index is 1.88. The lowest BCUT2D eigenvalue weighted by Gasteiger charge is -2.29. The Labute approximate surface area is 123 Å². The molecule has 0 aromatic carbocycles. The Morgan fingerprint density at radius 2 is 2.15 bits per heavy atom. The molecule has 0 saturated heterocycles. The van der Waals surface area contributed by atoms with Gasteiger partial charge in [0.05, 0.1) is 5.69 Å². The molecule has 1 fully saturated rings. The van der Waals surface area contributed by atoms with E-state index in [1.807, 2.05) is 12.3 Å². The van der Waals surface area contributed by atoms with Gasteiger partial charge in [-0.3, -0.25) is 4.98 Å². The van der Waals surface area contributed by atoms with Crippen LogP contribution in [0, 0.1) is 11.8 Å². The van der Waals surface area contributed by atoms with Crippen molar-refractivity contribution < 1.29 is 4.74 Å². The van der Waals surface area contributed by atoms with Crippen LogP contribution in [-0.4, -0.2) is 17.6 Å². The molecule has 1 aromatic heterocycles. The van der Waals surface area contributed by atoms with E-state index >= 15 is 0 Å². The number of hydrogen-bond acceptors (Lipinski definition) is 3. The van der Waals surface area contributed by atoms with E-state index in [1.54, 1.807) is 0 Å². The number of nitrogens with zero attached hydrogens (tertiary/aromatic N) is 1. The highest BCUT2D eigenvalue weighted by Gasteiger charge is 2.22. The van der Waals surface area contributed by atoms with Crippen LogP contribution in [0.2, 0.25) is 0 Å². The first-order valence-electron chi connectivity index (χ1n) is 7.97. The topological polar surface area (TPSA) is 34.1 Å². The minimum atomic E-state index is 0.377. The van der Waals surface area contributed by atoms with E-state index < -0.39 is 0 Å². The lowest BCUT2D eigenvalue weighted by atomic mass is 9.88. The van der Waals surface area contributed by atoms with E-state index in [-0.39, 0.29) is 0 Å². The minimum absolute atomic E-state index is 0.377. The second kappa shape index (κ2) is 7.63. The van der Waals surface area contributed by atoms with Crippen LogP contribution in [-0.2, 0) is 6.54 Å². The maximum atomic E-state index is 6.17. The molecule has 1 N–H and O–H groups in total. The lowest BCUT2D eigenvalue weighted by Crippen LogP contribution is -2.28. The smallest absolute Gasteiger partial charge is 0.123 e. The van der Waals surface area contributed by atoms with Gasteiger partial charge in [0, 0.05) is 18.8 Å². The lowest BCUT2D eigenvalue weighted by molar-refractivity contribution is 0.102. The quantitative estimate of drug-likeness (QED) is 0.858. The fourth-order valence-electron chi connectivity index (χ4n) is 2.75. The summed E-state index contributed by atoms with van der Waals surface area (Å²) < 4.78 is 6.17. The van der Waals surface area contributed by atoms with Gasteiger partial charge in [-0.05, 0) is 43.7 Å². The van der Waals surface area contributed by atoms with E-state index in [0.717, 1.165) is 24.5 Å². The molecule has 2 unspecified atom stereocenters. The second-order valence-electron chi connectivity index (χ2n) is 6.43. The summed E-state index contributed by atoms with van der Waals surface area (Å²) in [7, 11) is 0. The summed E-state index contributed by atoms with van der Waals surface area (Å²) in [6.45, 7) is 8.56. The molecule has 0 bridgehead atoms. The van der Waals surface area contributed by atoms with Crippen molar-refractivity contribution in [2.75, 3.05) is 6.54 Å². The van der Waals surface area contributed by atoms with Gasteiger partial charge >= 0.3 is 0 Å². The zero-order valence-electron chi connectivity index (χ0n) is 13.1. The molecule has 3 heteroatoms. The van der Waals surface area contributed by atoms with E-state index in [4.69, 9.17) is 4.74 Å². The van der Waals surface area contributed by atoms with Gasteiger partial charge in [-0.15, -0.1) is 0 Å². The highest BCUT2D eigenvalue weighted by molar-refractivity contribution is 5.23. The molecule has 2 rings (SSSR count). The molecular weight excluding hydrogens is 248 g/mol. The monoisotopic (exact) mass is 276 g/mol. The SMILES string of the molecule is CC(C)CNCc1cc(OC2CCCCC2C)ccn1. The van der Waals surface area contributed by atoms with Crippen molar-refractivity contribution in [3.05, 3.63) is 24.0 Å². The number of ether oxygens (including phenoxy) is 1. The summed E-state index contributed by atoms with van der Waals surface area (Å²) in [6, 6.07) is 4.06. The van der Waals surface area contributed by atoms with Gasteiger partial charge in [-0.25, -0.2) is 0 Å². The Bertz CT molecular complexity index is 406. The fraction of sp³-hybridized carbons (Fsp3) is 0.706. The molecule has 1 aliphatic rings. The number of hydrogen-bond donors (Lipinski definition) is 1. The molecular formula is C17H28N2O. The van der Waals surface area contributed by atoms with Gasteiger partial charge in [0.25, 0.3) is 0 Å². The zero-order chi connectivity index (χ0) is 14.4. The van der Waals surface area contributed by atoms with Gasteiger partial charge in [0.15, 0.2) is 0 Å². The Morgan fingerprint density at radius 3 is 2.90 bits per heavy atom. The molecule has 0 aliphatic heterocycles. The molecule has 1 aliphatic carbocycles. The fourth-order valence-corrected chi connectivity index (χ4v) is 2.75. The summed E-state index contributed by atoms with van der Waals surface area (Å²) in [5.41, 5.74) is 1.06. The summed E-state index contributed by atoms with van der Waals surface area (Å²) in [5.74, 6) is 2.30. The van der Waals surface area contributed by atoms with E-state index in [2.05, 4.69) is 37.1 Å². The second-order valence-corrected chi connectivity index (χ2v) is 6.43. The molecule has 0 radical (unpaired) electrons. The first kappa shape index (κ1) is 15.3. The van der Waals surface area contributed by atoms with Crippen LogP contribution in [0.1, 0.15) is 52.1 Å². The van der Waals surface area contributed by atoms with Crippen molar-refractivity contribution in [1.29, 1.82) is 0 Å². The maximum Gasteiger partial charge on any atom is 0.123 e. The number of nitrogens with one attached hydrogen (secondary N) is 1. The van der Waals surface area contributed by atoms with Crippen molar-refractivity contribution in [3.8, 4) is 5.75 Å². The van der Waals surface area contributed by atoms with Gasteiger partial charge < -0.3 is 10.1 Å². The van der Waals surface area contributed by atoms with Crippen LogP contribution >= 0.6 is 0 Å². The molecule has 3 nitrogen and oxygen atoms in total. The standard InChI is InChI=1S/C17H28N2O/c1-13(2)11-18-12-15-10-16(8-9-19-15)20-17-7-5-4-6-14(17)3/h8-10,13-14,17-18H,4-7,11-12H2,1-3H3. The molecule has 0 amide bonds. The van der Waals surface area contributed by atoms with Crippen LogP contribution in [0.25, 0.3) is 0 Å². The normalized spacial score (nSPS) is 23.0. The van der Waals surface area contributed by atoms with Crippen molar-refractivity contribution in [2.24, 2.45) is 11.8 Å². The van der Waals surface area contributed by atoms with Crippen LogP contribution in [0.5, 0.6) is 5.75 Å². The molecule has 0 spiro atoms. The summed E-state index contributed by atoms with van der Waals surface area (Å²) >= 11 is 0. The Hall–Kier alpha value is -1.09. The first-order valence-corrected chi connectivity index (χ1v) is 7.97. The first-order chi connectivity index (χ1) is 9.65. The Morgan fingerprint density at radius 1 is 1.35 bits per heavy atom. The van der Waals surface area contributed by atoms with Crippen LogP contribution in [0.3, 0.4) is 0 Å². The number of aromatic nitrogens is 1. The Kier molecular flexibility index (Phi) is 5.84. The van der Waals surface area contributed by atoms with Crippen molar-refractivity contribution >= 4 is 0 Å². The number of pyridine rings is 1. The highest BCUT2D eigenvalue weighted by atomic mass is 16.5. The van der Waals surface area contributed by atoms with Gasteiger partial charge in [0.1, 0.15) is 11.9 Å². The summed E-state index contributed by atoms with van der Waals surface area (Å²) in [6.07, 6.45) is 7.35. The largest absolute Gasteiger partial charge is 0.490 e. The molecule has 2 atom stereocenters. The van der Waals surface area contributed by atoms with Crippen LogP contribution in [0.15, 0.2) is 18.3 Å². The molecule has 1 aromatic rings. The zero-order valence-corrected chi connectivity index (χ0v) is 13.1. The average Bonchev–Trinajstić information content (AvgIpc) is 2.41. The van der Waals surface area contributed by atoms with Crippen LogP contribution < -0.4 is 10.1 Å². The van der Waals surface area contributed by atoms with Gasteiger partial charge in [-0.2, -0.15) is 0 Å². The summed E-state index contributed by atoms with van der Waals surface area (Å²) in [4.78, 5) is 4.41. The van der Waals surface area contributed by atoms with Crippen molar-refractivity contribution in [2.45, 2.75) is 59.1 Å². The third-order valence-electron chi connectivity index (χ3n) is 3.97. The summed E-state index contributed by atoms with van der Waals surface area (Å²) in [5, 5.41) is 3.42. The van der Waals surface area contributed by atoms with Gasteiger partial charge in [0.2, 0.25) is 0 Å². The van der Waals surface area contributed by atoms with Crippen molar-refractivity contribution in [3.63, 3.8) is 0 Å². The molecule has 1 saturated carbocycles. The van der Waals surface area contributed by atoms with E-state index in [1.165, 1.54) is 25.7 Å². The third-order valence-corrected chi connectivity index (χ3v) is 3.97. The van der Waals surface area contributed by atoms with Gasteiger partial charge in [-0.1, -0.05) is 27.2 Å². The van der Waals surface area contributed by atoms with E-state index in [0.29, 0.717) is 17.9 Å². The van der Waals surface area contributed by atoms with Crippen LogP contribution in [0.4, 0.5) is 0 Å². The molecule has 1 heterocycles. The average molecular weight is 276 g/mol. The third kappa shape index (κ3) is 4.78. The number of rotatable bonds is 6. The minimum Gasteiger partial charge on any atom is -0.490 e. The highest BCUT2D eigenvalue weighted by Crippen LogP contribution is 2.28.